The normalized spacial score (nSPS) is 11.1. The highest BCUT2D eigenvalue weighted by Gasteiger charge is 2.17. The fourth-order valence-electron chi connectivity index (χ4n) is 3.28. The van der Waals surface area contributed by atoms with E-state index >= 15 is 0 Å². The molecule has 24 heavy (non-hydrogen) atoms. The Kier molecular flexibility index (Phi) is 4.65. The van der Waals surface area contributed by atoms with Crippen molar-refractivity contribution in [3.05, 3.63) is 65.0 Å². The maximum Gasteiger partial charge on any atom is 0.325 e. The first-order valence-corrected chi connectivity index (χ1v) is 8.39. The molecule has 1 aromatic heterocycles. The summed E-state index contributed by atoms with van der Waals surface area (Å²) >= 11 is 0. The van der Waals surface area contributed by atoms with E-state index in [9.17, 15) is 4.79 Å². The van der Waals surface area contributed by atoms with Crippen LogP contribution < -0.4 is 0 Å². The molecule has 3 rings (SSSR count). The molecular formula is C20H22N2O2. The number of rotatable bonds is 6. The molecule has 0 saturated carbocycles. The summed E-state index contributed by atoms with van der Waals surface area (Å²) in [5.41, 5.74) is 4.44. The lowest BCUT2D eigenvalue weighted by Gasteiger charge is -2.08. The van der Waals surface area contributed by atoms with E-state index in [0.717, 1.165) is 30.7 Å². The van der Waals surface area contributed by atoms with Crippen molar-refractivity contribution in [2.24, 2.45) is 0 Å². The number of carboxylic acid groups (broad SMARTS) is 1. The number of hydrogen-bond donors (Lipinski definition) is 1. The van der Waals surface area contributed by atoms with Gasteiger partial charge in [-0.15, -0.1) is 0 Å². The topological polar surface area (TPSA) is 55.1 Å². The zero-order valence-corrected chi connectivity index (χ0v) is 14.1. The van der Waals surface area contributed by atoms with E-state index in [1.807, 2.05) is 12.1 Å². The third-order valence-corrected chi connectivity index (χ3v) is 4.40. The summed E-state index contributed by atoms with van der Waals surface area (Å²) in [5.74, 6) is -0.855. The van der Waals surface area contributed by atoms with Crippen LogP contribution in [-0.4, -0.2) is 20.9 Å². The van der Waals surface area contributed by atoms with Gasteiger partial charge in [-0.3, -0.25) is 9.48 Å². The molecule has 0 aliphatic carbocycles. The highest BCUT2D eigenvalue weighted by Crippen LogP contribution is 2.23. The van der Waals surface area contributed by atoms with Gasteiger partial charge in [0.2, 0.25) is 0 Å². The molecule has 124 valence electrons. The molecule has 0 bridgehead atoms. The molecule has 0 radical (unpaired) electrons. The van der Waals surface area contributed by atoms with Gasteiger partial charge in [0.25, 0.3) is 0 Å². The van der Waals surface area contributed by atoms with Gasteiger partial charge >= 0.3 is 5.97 Å². The van der Waals surface area contributed by atoms with Crippen molar-refractivity contribution in [2.75, 3.05) is 0 Å². The molecule has 2 aromatic carbocycles. The van der Waals surface area contributed by atoms with Crippen molar-refractivity contribution in [1.29, 1.82) is 0 Å². The molecule has 0 aliphatic rings. The number of carboxylic acids is 1. The number of aliphatic carboxylic acids is 1. The molecular weight excluding hydrogens is 300 g/mol. The monoisotopic (exact) mass is 322 g/mol. The molecule has 0 atom stereocenters. The lowest BCUT2D eigenvalue weighted by atomic mass is 9.98. The van der Waals surface area contributed by atoms with Crippen molar-refractivity contribution < 1.29 is 9.90 Å². The van der Waals surface area contributed by atoms with Gasteiger partial charge in [0.05, 0.1) is 5.69 Å². The number of nitrogens with zero attached hydrogens (tertiary/aromatic N) is 2. The minimum absolute atomic E-state index is 0.0755. The summed E-state index contributed by atoms with van der Waals surface area (Å²) in [6.07, 6.45) is 2.38. The van der Waals surface area contributed by atoms with Crippen LogP contribution in [0.4, 0.5) is 0 Å². The van der Waals surface area contributed by atoms with Crippen molar-refractivity contribution >= 4 is 16.7 Å². The van der Waals surface area contributed by atoms with Gasteiger partial charge in [-0.2, -0.15) is 5.10 Å². The number of carbonyl (C=O) groups is 1. The fourth-order valence-corrected chi connectivity index (χ4v) is 3.28. The van der Waals surface area contributed by atoms with Gasteiger partial charge in [0, 0.05) is 17.7 Å². The summed E-state index contributed by atoms with van der Waals surface area (Å²) in [4.78, 5) is 11.1. The third kappa shape index (κ3) is 3.18. The molecule has 0 spiro atoms. The fraction of sp³-hybridized carbons (Fsp3) is 0.300. The maximum atomic E-state index is 11.1. The highest BCUT2D eigenvalue weighted by molar-refractivity contribution is 5.83. The lowest BCUT2D eigenvalue weighted by Crippen LogP contribution is -2.13. The van der Waals surface area contributed by atoms with E-state index in [4.69, 9.17) is 5.11 Å². The quantitative estimate of drug-likeness (QED) is 0.750. The van der Waals surface area contributed by atoms with Crippen LogP contribution in [0.5, 0.6) is 0 Å². The summed E-state index contributed by atoms with van der Waals surface area (Å²) < 4.78 is 1.65. The largest absolute Gasteiger partial charge is 0.480 e. The van der Waals surface area contributed by atoms with Crippen molar-refractivity contribution in [1.82, 2.24) is 9.78 Å². The van der Waals surface area contributed by atoms with Gasteiger partial charge in [0.1, 0.15) is 6.54 Å². The van der Waals surface area contributed by atoms with Crippen molar-refractivity contribution in [3.63, 3.8) is 0 Å². The van der Waals surface area contributed by atoms with Crippen LogP contribution >= 0.6 is 0 Å². The van der Waals surface area contributed by atoms with E-state index in [1.54, 1.807) is 4.68 Å². The number of aryl methyl sites for hydroxylation is 1. The molecule has 0 amide bonds. The van der Waals surface area contributed by atoms with Crippen LogP contribution in [0.15, 0.2) is 42.5 Å². The summed E-state index contributed by atoms with van der Waals surface area (Å²) in [5, 5.41) is 16.1. The van der Waals surface area contributed by atoms with E-state index in [2.05, 4.69) is 49.3 Å². The highest BCUT2D eigenvalue weighted by atomic mass is 16.4. The van der Waals surface area contributed by atoms with E-state index in [-0.39, 0.29) is 6.54 Å². The standard InChI is InChI=1S/C20H22N2O2/c1-3-18-17(19(4-2)22(21-18)13-20(23)24)12-14-9-10-15-7-5-6-8-16(15)11-14/h5-11H,3-4,12-13H2,1-2H3,(H,23,24). The van der Waals surface area contributed by atoms with Crippen LogP contribution in [0.2, 0.25) is 0 Å². The molecule has 0 fully saturated rings. The molecule has 0 aliphatic heterocycles. The predicted octanol–water partition coefficient (Wildman–Crippen LogP) is 3.84. The molecule has 4 heteroatoms. The van der Waals surface area contributed by atoms with Crippen LogP contribution in [0.1, 0.15) is 36.4 Å². The second kappa shape index (κ2) is 6.87. The Hall–Kier alpha value is -2.62. The zero-order valence-electron chi connectivity index (χ0n) is 14.1. The summed E-state index contributed by atoms with van der Waals surface area (Å²) in [7, 11) is 0. The Morgan fingerprint density at radius 1 is 1.08 bits per heavy atom. The second-order valence-corrected chi connectivity index (χ2v) is 5.99. The van der Waals surface area contributed by atoms with Crippen LogP contribution in [0, 0.1) is 0 Å². The molecule has 0 saturated heterocycles. The summed E-state index contributed by atoms with van der Waals surface area (Å²) in [6, 6.07) is 14.8. The average Bonchev–Trinajstić information content (AvgIpc) is 2.90. The number of hydrogen-bond acceptors (Lipinski definition) is 2. The maximum absolute atomic E-state index is 11.1. The first-order valence-electron chi connectivity index (χ1n) is 8.39. The first kappa shape index (κ1) is 16.2. The van der Waals surface area contributed by atoms with E-state index in [0.29, 0.717) is 0 Å². The Balaban J connectivity index is 2.00. The van der Waals surface area contributed by atoms with Crippen molar-refractivity contribution in [2.45, 2.75) is 39.7 Å². The zero-order chi connectivity index (χ0) is 17.1. The first-order chi connectivity index (χ1) is 11.6. The van der Waals surface area contributed by atoms with Gasteiger partial charge in [-0.1, -0.05) is 56.3 Å². The Morgan fingerprint density at radius 3 is 2.50 bits per heavy atom. The van der Waals surface area contributed by atoms with Gasteiger partial charge in [0.15, 0.2) is 0 Å². The van der Waals surface area contributed by atoms with Gasteiger partial charge in [-0.25, -0.2) is 0 Å². The van der Waals surface area contributed by atoms with E-state index < -0.39 is 5.97 Å². The van der Waals surface area contributed by atoms with Crippen LogP contribution in [-0.2, 0) is 30.6 Å². The SMILES string of the molecule is CCc1nn(CC(=O)O)c(CC)c1Cc1ccc2ccccc2c1. The van der Waals surface area contributed by atoms with Crippen molar-refractivity contribution in [3.8, 4) is 0 Å². The van der Waals surface area contributed by atoms with Crippen LogP contribution in [0.25, 0.3) is 10.8 Å². The molecule has 0 unspecified atom stereocenters. The summed E-state index contributed by atoms with van der Waals surface area (Å²) in [6.45, 7) is 4.05. The van der Waals surface area contributed by atoms with E-state index in [1.165, 1.54) is 21.9 Å². The van der Waals surface area contributed by atoms with Crippen LogP contribution in [0.3, 0.4) is 0 Å². The third-order valence-electron chi connectivity index (χ3n) is 4.40. The smallest absolute Gasteiger partial charge is 0.325 e. The Bertz CT molecular complexity index is 880. The number of aromatic nitrogens is 2. The lowest BCUT2D eigenvalue weighted by molar-refractivity contribution is -0.137. The van der Waals surface area contributed by atoms with Gasteiger partial charge < -0.3 is 5.11 Å². The minimum Gasteiger partial charge on any atom is -0.480 e. The number of benzene rings is 2. The molecule has 3 aromatic rings. The minimum atomic E-state index is -0.855. The molecule has 1 heterocycles. The molecule has 1 N–H and O–H groups in total. The number of fused-ring (bicyclic) bond motifs is 1. The second-order valence-electron chi connectivity index (χ2n) is 5.99. The predicted molar refractivity (Wildman–Crippen MR) is 95.4 cm³/mol. The Labute approximate surface area is 141 Å². The molecule has 4 nitrogen and oxygen atoms in total. The average molecular weight is 322 g/mol. The van der Waals surface area contributed by atoms with Gasteiger partial charge in [-0.05, 0) is 29.2 Å². The Morgan fingerprint density at radius 2 is 1.83 bits per heavy atom.